The summed E-state index contributed by atoms with van der Waals surface area (Å²) in [4.78, 5) is 14.7. The Kier molecular flexibility index (Phi) is 6.07. The zero-order valence-corrected chi connectivity index (χ0v) is 14.5. The minimum Gasteiger partial charge on any atom is -0.396 e. The Bertz CT molecular complexity index is 679. The molecule has 1 aliphatic rings. The summed E-state index contributed by atoms with van der Waals surface area (Å²) in [6.07, 6.45) is 3.21. The molecule has 2 aromatic carbocycles. The van der Waals surface area contributed by atoms with Crippen molar-refractivity contribution in [1.82, 2.24) is 0 Å². The number of nitrogens with one attached hydrogen (secondary N) is 1. The lowest BCUT2D eigenvalue weighted by atomic mass is 9.97. The number of nitrogens with zero attached hydrogens (tertiary/aromatic N) is 1. The number of aryl methyl sites for hydroxylation is 1. The summed E-state index contributed by atoms with van der Waals surface area (Å²) >= 11 is 0. The van der Waals surface area contributed by atoms with Gasteiger partial charge in [-0.25, -0.2) is 0 Å². The number of benzene rings is 2. The number of aliphatic hydroxyl groups excluding tert-OH is 1. The van der Waals surface area contributed by atoms with Crippen LogP contribution in [0.2, 0.25) is 0 Å². The second kappa shape index (κ2) is 8.67. The molecule has 1 aliphatic heterocycles. The molecule has 3 rings (SSSR count). The van der Waals surface area contributed by atoms with Crippen molar-refractivity contribution in [2.75, 3.05) is 29.9 Å². The Hall–Kier alpha value is -2.33. The molecule has 0 aliphatic carbocycles. The van der Waals surface area contributed by atoms with Crippen LogP contribution in [-0.4, -0.2) is 30.7 Å². The smallest absolute Gasteiger partial charge is 0.224 e. The summed E-state index contributed by atoms with van der Waals surface area (Å²) in [5.74, 6) is 0.449. The van der Waals surface area contributed by atoms with Gasteiger partial charge in [0.1, 0.15) is 0 Å². The van der Waals surface area contributed by atoms with E-state index in [9.17, 15) is 9.90 Å². The maximum Gasteiger partial charge on any atom is 0.224 e. The van der Waals surface area contributed by atoms with Crippen molar-refractivity contribution in [2.45, 2.75) is 25.7 Å². The molecule has 25 heavy (non-hydrogen) atoms. The van der Waals surface area contributed by atoms with Crippen LogP contribution in [0.5, 0.6) is 0 Å². The van der Waals surface area contributed by atoms with Crippen molar-refractivity contribution in [3.05, 3.63) is 60.2 Å². The largest absolute Gasteiger partial charge is 0.396 e. The predicted octanol–water partition coefficient (Wildman–Crippen LogP) is 3.47. The van der Waals surface area contributed by atoms with Gasteiger partial charge in [0.25, 0.3) is 0 Å². The third kappa shape index (κ3) is 4.83. The lowest BCUT2D eigenvalue weighted by Crippen LogP contribution is -2.35. The summed E-state index contributed by atoms with van der Waals surface area (Å²) in [6, 6.07) is 18.1. The molecule has 1 fully saturated rings. The molecule has 0 aromatic heterocycles. The molecule has 0 unspecified atom stereocenters. The third-order valence-electron chi connectivity index (χ3n) is 4.88. The standard InChI is InChI=1S/C21H26N2O2/c24-16-18-12-14-23(15-13-18)20-9-5-4-8-19(20)22-21(25)11-10-17-6-2-1-3-7-17/h1-9,18,24H,10-16H2,(H,22,25). The topological polar surface area (TPSA) is 52.6 Å². The highest BCUT2D eigenvalue weighted by atomic mass is 16.3. The average molecular weight is 338 g/mol. The highest BCUT2D eigenvalue weighted by molar-refractivity contribution is 5.94. The first-order valence-electron chi connectivity index (χ1n) is 9.05. The van der Waals surface area contributed by atoms with E-state index in [2.05, 4.69) is 16.3 Å². The zero-order valence-electron chi connectivity index (χ0n) is 14.5. The van der Waals surface area contributed by atoms with E-state index in [4.69, 9.17) is 0 Å². The normalized spacial score (nSPS) is 15.2. The van der Waals surface area contributed by atoms with Crippen LogP contribution in [0.25, 0.3) is 0 Å². The van der Waals surface area contributed by atoms with E-state index in [0.29, 0.717) is 12.3 Å². The van der Waals surface area contributed by atoms with Gasteiger partial charge in [-0.1, -0.05) is 42.5 Å². The van der Waals surface area contributed by atoms with Gasteiger partial charge in [0.15, 0.2) is 0 Å². The number of hydrogen-bond donors (Lipinski definition) is 2. The number of amides is 1. The minimum atomic E-state index is 0.0431. The molecular formula is C21H26N2O2. The monoisotopic (exact) mass is 338 g/mol. The van der Waals surface area contributed by atoms with Crippen molar-refractivity contribution in [1.29, 1.82) is 0 Å². The number of anilines is 2. The van der Waals surface area contributed by atoms with Crippen molar-refractivity contribution < 1.29 is 9.90 Å². The van der Waals surface area contributed by atoms with Gasteiger partial charge in [0.05, 0.1) is 11.4 Å². The van der Waals surface area contributed by atoms with Gasteiger partial charge in [-0.15, -0.1) is 0 Å². The summed E-state index contributed by atoms with van der Waals surface area (Å²) in [5, 5.41) is 12.4. The predicted molar refractivity (Wildman–Crippen MR) is 102 cm³/mol. The van der Waals surface area contributed by atoms with Gasteiger partial charge in [0.2, 0.25) is 5.91 Å². The van der Waals surface area contributed by atoms with E-state index in [1.807, 2.05) is 48.5 Å². The minimum absolute atomic E-state index is 0.0431. The summed E-state index contributed by atoms with van der Waals surface area (Å²) < 4.78 is 0. The molecule has 1 saturated heterocycles. The number of carbonyl (C=O) groups is 1. The van der Waals surface area contributed by atoms with E-state index in [1.165, 1.54) is 5.56 Å². The first-order chi connectivity index (χ1) is 12.3. The number of aliphatic hydroxyl groups is 1. The SMILES string of the molecule is O=C(CCc1ccccc1)Nc1ccccc1N1CCC(CO)CC1. The van der Waals surface area contributed by atoms with Crippen molar-refractivity contribution in [2.24, 2.45) is 5.92 Å². The molecular weight excluding hydrogens is 312 g/mol. The van der Waals surface area contributed by atoms with Crippen molar-refractivity contribution in [3.8, 4) is 0 Å². The molecule has 2 aromatic rings. The quantitative estimate of drug-likeness (QED) is 0.848. The van der Waals surface area contributed by atoms with Crippen LogP contribution in [-0.2, 0) is 11.2 Å². The van der Waals surface area contributed by atoms with E-state index in [-0.39, 0.29) is 12.5 Å². The number of piperidine rings is 1. The maximum atomic E-state index is 12.4. The molecule has 1 amide bonds. The van der Waals surface area contributed by atoms with Gasteiger partial charge >= 0.3 is 0 Å². The Balaban J connectivity index is 1.60. The van der Waals surface area contributed by atoms with Crippen LogP contribution in [0, 0.1) is 5.92 Å². The number of carbonyl (C=O) groups excluding carboxylic acids is 1. The molecule has 0 bridgehead atoms. The van der Waals surface area contributed by atoms with Gasteiger partial charge in [0, 0.05) is 26.1 Å². The molecule has 0 spiro atoms. The summed E-state index contributed by atoms with van der Waals surface area (Å²) in [6.45, 7) is 2.11. The van der Waals surface area contributed by atoms with Crippen LogP contribution in [0.1, 0.15) is 24.8 Å². The number of hydrogen-bond acceptors (Lipinski definition) is 3. The molecule has 4 nitrogen and oxygen atoms in total. The Morgan fingerprint density at radius 2 is 1.72 bits per heavy atom. The average Bonchev–Trinajstić information content (AvgIpc) is 2.68. The second-order valence-corrected chi connectivity index (χ2v) is 6.66. The van der Waals surface area contributed by atoms with Crippen LogP contribution in [0.4, 0.5) is 11.4 Å². The van der Waals surface area contributed by atoms with E-state index >= 15 is 0 Å². The number of para-hydroxylation sites is 2. The van der Waals surface area contributed by atoms with Crippen LogP contribution < -0.4 is 10.2 Å². The molecule has 0 radical (unpaired) electrons. The molecule has 132 valence electrons. The van der Waals surface area contributed by atoms with Crippen LogP contribution in [0.15, 0.2) is 54.6 Å². The lowest BCUT2D eigenvalue weighted by Gasteiger charge is -2.34. The number of rotatable bonds is 6. The fourth-order valence-electron chi connectivity index (χ4n) is 3.33. The van der Waals surface area contributed by atoms with Crippen LogP contribution >= 0.6 is 0 Å². The molecule has 2 N–H and O–H groups in total. The van der Waals surface area contributed by atoms with E-state index in [0.717, 1.165) is 43.7 Å². The second-order valence-electron chi connectivity index (χ2n) is 6.66. The van der Waals surface area contributed by atoms with Gasteiger partial charge in [-0.3, -0.25) is 4.79 Å². The highest BCUT2D eigenvalue weighted by Gasteiger charge is 2.20. The summed E-state index contributed by atoms with van der Waals surface area (Å²) in [7, 11) is 0. The summed E-state index contributed by atoms with van der Waals surface area (Å²) in [5.41, 5.74) is 3.13. The molecule has 1 heterocycles. The molecule has 0 atom stereocenters. The van der Waals surface area contributed by atoms with Crippen LogP contribution in [0.3, 0.4) is 0 Å². The Morgan fingerprint density at radius 1 is 1.04 bits per heavy atom. The fourth-order valence-corrected chi connectivity index (χ4v) is 3.33. The Labute approximate surface area is 149 Å². The van der Waals surface area contributed by atoms with Gasteiger partial charge in [-0.2, -0.15) is 0 Å². The first kappa shape index (κ1) is 17.5. The van der Waals surface area contributed by atoms with Crippen molar-refractivity contribution >= 4 is 17.3 Å². The lowest BCUT2D eigenvalue weighted by molar-refractivity contribution is -0.116. The van der Waals surface area contributed by atoms with E-state index in [1.54, 1.807) is 0 Å². The first-order valence-corrected chi connectivity index (χ1v) is 9.05. The molecule has 0 saturated carbocycles. The maximum absolute atomic E-state index is 12.4. The van der Waals surface area contributed by atoms with E-state index < -0.39 is 0 Å². The van der Waals surface area contributed by atoms with Gasteiger partial charge in [-0.05, 0) is 42.9 Å². The van der Waals surface area contributed by atoms with Crippen molar-refractivity contribution in [3.63, 3.8) is 0 Å². The zero-order chi connectivity index (χ0) is 17.5. The van der Waals surface area contributed by atoms with Gasteiger partial charge < -0.3 is 15.3 Å². The molecule has 4 heteroatoms. The Morgan fingerprint density at radius 3 is 2.44 bits per heavy atom. The fraction of sp³-hybridized carbons (Fsp3) is 0.381. The highest BCUT2D eigenvalue weighted by Crippen LogP contribution is 2.29. The third-order valence-corrected chi connectivity index (χ3v) is 4.88.